The lowest BCUT2D eigenvalue weighted by molar-refractivity contribution is 0.0734. The van der Waals surface area contributed by atoms with Crippen molar-refractivity contribution in [2.45, 2.75) is 13.0 Å². The van der Waals surface area contributed by atoms with Gasteiger partial charge in [0.25, 0.3) is 5.91 Å². The zero-order chi connectivity index (χ0) is 17.4. The number of H-pyrrole nitrogens is 1. The number of carbonyl (C=O) groups excluding carboxylic acids is 1. The minimum atomic E-state index is 0.00516. The zero-order valence-corrected chi connectivity index (χ0v) is 14.8. The summed E-state index contributed by atoms with van der Waals surface area (Å²) in [5.74, 6) is 0.00516. The third-order valence-corrected chi connectivity index (χ3v) is 4.93. The van der Waals surface area contributed by atoms with E-state index in [0.29, 0.717) is 28.7 Å². The lowest BCUT2D eigenvalue weighted by Crippen LogP contribution is -2.35. The molecule has 126 valence electrons. The summed E-state index contributed by atoms with van der Waals surface area (Å²) in [6.07, 6.45) is 0.759. The zero-order valence-electron chi connectivity index (χ0n) is 13.3. The highest BCUT2D eigenvalue weighted by molar-refractivity contribution is 6.30. The smallest absolute Gasteiger partial charge is 0.254 e. The minimum absolute atomic E-state index is 0.00516. The molecule has 0 saturated heterocycles. The Labute approximate surface area is 155 Å². The molecule has 1 aliphatic heterocycles. The van der Waals surface area contributed by atoms with Gasteiger partial charge in [0.1, 0.15) is 0 Å². The van der Waals surface area contributed by atoms with Gasteiger partial charge in [-0.1, -0.05) is 35.3 Å². The van der Waals surface area contributed by atoms with Gasteiger partial charge in [0.05, 0.1) is 5.69 Å². The van der Waals surface area contributed by atoms with Crippen molar-refractivity contribution in [1.29, 1.82) is 0 Å². The summed E-state index contributed by atoms with van der Waals surface area (Å²) in [6, 6.07) is 14.6. The number of fused-ring (bicyclic) bond motifs is 1. The molecule has 4 nitrogen and oxygen atoms in total. The topological polar surface area (TPSA) is 49.0 Å². The predicted molar refractivity (Wildman–Crippen MR) is 98.9 cm³/mol. The Hall–Kier alpha value is -2.30. The molecule has 1 aliphatic rings. The van der Waals surface area contributed by atoms with Gasteiger partial charge in [-0.05, 0) is 36.4 Å². The summed E-state index contributed by atoms with van der Waals surface area (Å²) in [7, 11) is 0. The fourth-order valence-corrected chi connectivity index (χ4v) is 3.34. The average Bonchev–Trinajstić information content (AvgIpc) is 3.05. The molecule has 1 aromatic heterocycles. The van der Waals surface area contributed by atoms with Crippen LogP contribution < -0.4 is 0 Å². The maximum atomic E-state index is 12.8. The lowest BCUT2D eigenvalue weighted by atomic mass is 10.0. The van der Waals surface area contributed by atoms with Crippen molar-refractivity contribution in [2.75, 3.05) is 6.54 Å². The Morgan fingerprint density at radius 2 is 1.64 bits per heavy atom. The van der Waals surface area contributed by atoms with E-state index in [4.69, 9.17) is 23.2 Å². The van der Waals surface area contributed by atoms with Crippen LogP contribution in [0.3, 0.4) is 0 Å². The van der Waals surface area contributed by atoms with E-state index < -0.39 is 0 Å². The minimum Gasteiger partial charge on any atom is -0.334 e. The number of carbonyl (C=O) groups is 1. The Kier molecular flexibility index (Phi) is 4.24. The second-order valence-corrected chi connectivity index (χ2v) is 6.89. The van der Waals surface area contributed by atoms with Crippen molar-refractivity contribution < 1.29 is 4.79 Å². The number of nitrogens with zero attached hydrogens (tertiary/aromatic N) is 2. The molecule has 1 amide bonds. The first kappa shape index (κ1) is 16.2. The van der Waals surface area contributed by atoms with Crippen molar-refractivity contribution in [3.8, 4) is 11.3 Å². The van der Waals surface area contributed by atoms with Crippen LogP contribution in [0.4, 0.5) is 0 Å². The van der Waals surface area contributed by atoms with Gasteiger partial charge in [-0.15, -0.1) is 0 Å². The Bertz CT molecular complexity index is 917. The average molecular weight is 372 g/mol. The second-order valence-electron chi connectivity index (χ2n) is 6.02. The first-order chi connectivity index (χ1) is 12.1. The van der Waals surface area contributed by atoms with Gasteiger partial charge in [0.15, 0.2) is 0 Å². The van der Waals surface area contributed by atoms with Gasteiger partial charge in [-0.25, -0.2) is 0 Å². The number of hydrogen-bond acceptors (Lipinski definition) is 2. The number of rotatable bonds is 2. The SMILES string of the molecule is O=C(c1ccc(Cl)cc1)N1CCc2[nH]nc(-c3ccc(Cl)cc3)c2C1. The molecule has 0 bridgehead atoms. The van der Waals surface area contributed by atoms with Gasteiger partial charge < -0.3 is 4.90 Å². The fourth-order valence-electron chi connectivity index (χ4n) is 3.09. The fraction of sp³-hybridized carbons (Fsp3) is 0.158. The van der Waals surface area contributed by atoms with Crippen LogP contribution in [0.15, 0.2) is 48.5 Å². The van der Waals surface area contributed by atoms with Crippen LogP contribution in [-0.4, -0.2) is 27.5 Å². The third-order valence-electron chi connectivity index (χ3n) is 4.43. The maximum absolute atomic E-state index is 12.8. The number of benzene rings is 2. The Morgan fingerprint density at radius 3 is 2.32 bits per heavy atom. The highest BCUT2D eigenvalue weighted by atomic mass is 35.5. The summed E-state index contributed by atoms with van der Waals surface area (Å²) in [4.78, 5) is 14.6. The first-order valence-electron chi connectivity index (χ1n) is 7.99. The van der Waals surface area contributed by atoms with Gasteiger partial charge in [0.2, 0.25) is 0 Å². The molecule has 0 aliphatic carbocycles. The summed E-state index contributed by atoms with van der Waals surface area (Å²) in [5, 5.41) is 8.87. The third kappa shape index (κ3) is 3.15. The molecule has 6 heteroatoms. The number of aromatic nitrogens is 2. The Morgan fingerprint density at radius 1 is 1.00 bits per heavy atom. The monoisotopic (exact) mass is 371 g/mol. The molecule has 0 spiro atoms. The molecule has 1 N–H and O–H groups in total. The van der Waals surface area contributed by atoms with Gasteiger partial charge in [-0.3, -0.25) is 9.89 Å². The quantitative estimate of drug-likeness (QED) is 0.716. The van der Waals surface area contributed by atoms with Crippen molar-refractivity contribution >= 4 is 29.1 Å². The molecule has 0 atom stereocenters. The molecule has 2 heterocycles. The van der Waals surface area contributed by atoms with Crippen LogP contribution in [0.2, 0.25) is 10.0 Å². The standard InChI is InChI=1S/C19H15Cl2N3O/c20-14-5-1-12(2-6-14)18-16-11-24(10-9-17(16)22-23-18)19(25)13-3-7-15(21)8-4-13/h1-8H,9-11H2,(H,22,23). The van der Waals surface area contributed by atoms with Gasteiger partial charge in [-0.2, -0.15) is 5.10 Å². The summed E-state index contributed by atoms with van der Waals surface area (Å²) >= 11 is 11.9. The van der Waals surface area contributed by atoms with Crippen LogP contribution in [0.5, 0.6) is 0 Å². The summed E-state index contributed by atoms with van der Waals surface area (Å²) in [5.41, 5.74) is 4.66. The number of hydrogen-bond donors (Lipinski definition) is 1. The molecule has 0 radical (unpaired) electrons. The molecule has 25 heavy (non-hydrogen) atoms. The van der Waals surface area contributed by atoms with Crippen molar-refractivity contribution in [3.63, 3.8) is 0 Å². The number of nitrogens with one attached hydrogen (secondary N) is 1. The molecular formula is C19H15Cl2N3O. The van der Waals surface area contributed by atoms with E-state index in [1.54, 1.807) is 24.3 Å². The van der Waals surface area contributed by atoms with Crippen LogP contribution in [-0.2, 0) is 13.0 Å². The maximum Gasteiger partial charge on any atom is 0.254 e. The van der Waals surface area contributed by atoms with Crippen molar-refractivity contribution in [2.24, 2.45) is 0 Å². The van der Waals surface area contributed by atoms with Crippen molar-refractivity contribution in [3.05, 3.63) is 75.4 Å². The van der Waals surface area contributed by atoms with E-state index in [1.165, 1.54) is 0 Å². The predicted octanol–water partition coefficient (Wildman–Crippen LogP) is 4.58. The largest absolute Gasteiger partial charge is 0.334 e. The molecule has 3 aromatic rings. The Balaban J connectivity index is 1.62. The highest BCUT2D eigenvalue weighted by Gasteiger charge is 2.26. The number of halogens is 2. The van der Waals surface area contributed by atoms with Crippen LogP contribution in [0, 0.1) is 0 Å². The second kappa shape index (κ2) is 6.54. The molecule has 0 saturated carbocycles. The molecule has 2 aromatic carbocycles. The van der Waals surface area contributed by atoms with Crippen LogP contribution >= 0.6 is 23.2 Å². The van der Waals surface area contributed by atoms with Gasteiger partial charge in [0, 0.05) is 51.9 Å². The van der Waals surface area contributed by atoms with E-state index in [0.717, 1.165) is 28.9 Å². The van der Waals surface area contributed by atoms with Crippen LogP contribution in [0.25, 0.3) is 11.3 Å². The van der Waals surface area contributed by atoms with Gasteiger partial charge >= 0.3 is 0 Å². The van der Waals surface area contributed by atoms with E-state index in [-0.39, 0.29) is 5.91 Å². The normalized spacial score (nSPS) is 13.6. The molecule has 0 unspecified atom stereocenters. The number of aromatic amines is 1. The molecule has 0 fully saturated rings. The van der Waals surface area contributed by atoms with Crippen LogP contribution in [0.1, 0.15) is 21.6 Å². The molecule has 4 rings (SSSR count). The van der Waals surface area contributed by atoms with E-state index >= 15 is 0 Å². The number of amides is 1. The summed E-state index contributed by atoms with van der Waals surface area (Å²) in [6.45, 7) is 1.20. The highest BCUT2D eigenvalue weighted by Crippen LogP contribution is 2.29. The molecular weight excluding hydrogens is 357 g/mol. The summed E-state index contributed by atoms with van der Waals surface area (Å²) < 4.78 is 0. The van der Waals surface area contributed by atoms with Crippen molar-refractivity contribution in [1.82, 2.24) is 15.1 Å². The lowest BCUT2D eigenvalue weighted by Gasteiger charge is -2.27. The van der Waals surface area contributed by atoms with E-state index in [1.807, 2.05) is 29.2 Å². The van der Waals surface area contributed by atoms with E-state index in [9.17, 15) is 4.79 Å². The first-order valence-corrected chi connectivity index (χ1v) is 8.74. The van der Waals surface area contributed by atoms with E-state index in [2.05, 4.69) is 10.2 Å².